The van der Waals surface area contributed by atoms with Crippen molar-refractivity contribution in [2.75, 3.05) is 20.2 Å². The number of carboxylic acid groups (broad SMARTS) is 1. The zero-order valence-corrected chi connectivity index (χ0v) is 16.9. The van der Waals surface area contributed by atoms with E-state index in [1.165, 1.54) is 9.80 Å². The number of benzene rings is 1. The number of nitrogens with zero attached hydrogens (tertiary/aromatic N) is 2. The Morgan fingerprint density at radius 3 is 2.89 bits per heavy atom. The maximum absolute atomic E-state index is 12.7. The Morgan fingerprint density at radius 1 is 1.39 bits per heavy atom. The van der Waals surface area contributed by atoms with Crippen LogP contribution < -0.4 is 4.74 Å². The van der Waals surface area contributed by atoms with E-state index in [1.807, 2.05) is 12.1 Å². The Labute approximate surface area is 172 Å². The summed E-state index contributed by atoms with van der Waals surface area (Å²) in [7, 11) is 1.56. The summed E-state index contributed by atoms with van der Waals surface area (Å²) in [5, 5.41) is 9.35. The molecule has 2 saturated heterocycles. The van der Waals surface area contributed by atoms with Crippen molar-refractivity contribution < 1.29 is 24.2 Å². The molecule has 0 bridgehead atoms. The van der Waals surface area contributed by atoms with Crippen LogP contribution in [0.3, 0.4) is 0 Å². The summed E-state index contributed by atoms with van der Waals surface area (Å²) < 4.78 is 5.47. The molecule has 1 aromatic carbocycles. The van der Waals surface area contributed by atoms with Crippen molar-refractivity contribution in [3.63, 3.8) is 0 Å². The van der Waals surface area contributed by atoms with Crippen molar-refractivity contribution in [3.8, 4) is 5.75 Å². The van der Waals surface area contributed by atoms with Gasteiger partial charge in [-0.1, -0.05) is 36.1 Å². The van der Waals surface area contributed by atoms with Crippen LogP contribution in [-0.2, 0) is 14.4 Å². The molecule has 28 heavy (non-hydrogen) atoms. The molecular weight excluding hydrogens is 400 g/mol. The standard InChI is InChI=1S/C19H20N2O5S2/c1-26-13-6-4-5-12(9-13)10-15-17(23)21(19(27)28-15)11-16(22)20-8-3-2-7-14(20)18(24)25/h4-6,9-10,14H,2-3,7-8,11H2,1H3,(H,24,25). The number of piperidine rings is 1. The highest BCUT2D eigenvalue weighted by Crippen LogP contribution is 2.33. The van der Waals surface area contributed by atoms with Gasteiger partial charge in [0.25, 0.3) is 5.91 Å². The van der Waals surface area contributed by atoms with Crippen LogP contribution in [0.25, 0.3) is 6.08 Å². The van der Waals surface area contributed by atoms with E-state index in [9.17, 15) is 19.5 Å². The second-order valence-corrected chi connectivity index (χ2v) is 8.16. The van der Waals surface area contributed by atoms with Crippen LogP contribution in [0.5, 0.6) is 5.75 Å². The first-order valence-electron chi connectivity index (χ1n) is 8.82. The first-order chi connectivity index (χ1) is 13.4. The van der Waals surface area contributed by atoms with E-state index < -0.39 is 17.9 Å². The van der Waals surface area contributed by atoms with E-state index in [0.717, 1.165) is 30.2 Å². The molecule has 0 aromatic heterocycles. The lowest BCUT2D eigenvalue weighted by Crippen LogP contribution is -2.51. The second-order valence-electron chi connectivity index (χ2n) is 6.48. The molecule has 2 fully saturated rings. The molecule has 2 amide bonds. The summed E-state index contributed by atoms with van der Waals surface area (Å²) in [5.74, 6) is -1.10. The number of hydrogen-bond acceptors (Lipinski definition) is 6. The van der Waals surface area contributed by atoms with Gasteiger partial charge in [-0.2, -0.15) is 0 Å². The first-order valence-corrected chi connectivity index (χ1v) is 10.0. The van der Waals surface area contributed by atoms with Crippen LogP contribution in [0.4, 0.5) is 0 Å². The van der Waals surface area contributed by atoms with Gasteiger partial charge in [0.1, 0.15) is 22.7 Å². The van der Waals surface area contributed by atoms with Gasteiger partial charge in [-0.15, -0.1) is 0 Å². The highest BCUT2D eigenvalue weighted by molar-refractivity contribution is 8.26. The largest absolute Gasteiger partial charge is 0.497 e. The fourth-order valence-corrected chi connectivity index (χ4v) is 4.49. The summed E-state index contributed by atoms with van der Waals surface area (Å²) >= 11 is 6.40. The average molecular weight is 421 g/mol. The normalized spacial score (nSPS) is 21.3. The molecule has 1 unspecified atom stereocenters. The number of carboxylic acids is 1. The molecule has 0 radical (unpaired) electrons. The topological polar surface area (TPSA) is 87.2 Å². The number of methoxy groups -OCH3 is 1. The highest BCUT2D eigenvalue weighted by Gasteiger charge is 2.37. The lowest BCUT2D eigenvalue weighted by Gasteiger charge is -2.33. The smallest absolute Gasteiger partial charge is 0.326 e. The van der Waals surface area contributed by atoms with Crippen molar-refractivity contribution in [3.05, 3.63) is 34.7 Å². The molecule has 7 nitrogen and oxygen atoms in total. The van der Waals surface area contributed by atoms with Crippen molar-refractivity contribution in [1.29, 1.82) is 0 Å². The maximum Gasteiger partial charge on any atom is 0.326 e. The Kier molecular flexibility index (Phi) is 6.35. The number of thiocarbonyl (C=S) groups is 1. The van der Waals surface area contributed by atoms with Crippen molar-refractivity contribution in [1.82, 2.24) is 9.80 Å². The Hall–Kier alpha value is -2.39. The fourth-order valence-electron chi connectivity index (χ4n) is 3.23. The van der Waals surface area contributed by atoms with E-state index in [4.69, 9.17) is 17.0 Å². The molecule has 1 N–H and O–H groups in total. The molecule has 148 valence electrons. The SMILES string of the molecule is COc1cccc(C=C2SC(=S)N(CC(=O)N3CCCCC3C(=O)O)C2=O)c1. The van der Waals surface area contributed by atoms with E-state index in [1.54, 1.807) is 25.3 Å². The minimum atomic E-state index is -1.02. The number of aliphatic carboxylic acids is 1. The second kappa shape index (κ2) is 8.74. The summed E-state index contributed by atoms with van der Waals surface area (Å²) in [6.45, 7) is 0.133. The van der Waals surface area contributed by atoms with Crippen LogP contribution in [0, 0.1) is 0 Å². The Morgan fingerprint density at radius 2 is 2.18 bits per heavy atom. The molecule has 0 spiro atoms. The van der Waals surface area contributed by atoms with E-state index >= 15 is 0 Å². The summed E-state index contributed by atoms with van der Waals surface area (Å²) in [4.78, 5) is 39.8. The number of rotatable bonds is 5. The lowest BCUT2D eigenvalue weighted by atomic mass is 10.0. The molecule has 0 saturated carbocycles. The molecular formula is C19H20N2O5S2. The first kappa shape index (κ1) is 20.3. The highest BCUT2D eigenvalue weighted by atomic mass is 32.2. The third-order valence-electron chi connectivity index (χ3n) is 4.67. The quantitative estimate of drug-likeness (QED) is 0.578. The molecule has 0 aliphatic carbocycles. The molecule has 2 aliphatic heterocycles. The van der Waals surface area contributed by atoms with Gasteiger partial charge in [0.2, 0.25) is 5.91 Å². The van der Waals surface area contributed by atoms with Gasteiger partial charge in [0.05, 0.1) is 12.0 Å². The van der Waals surface area contributed by atoms with E-state index in [-0.39, 0.29) is 16.8 Å². The number of carbonyl (C=O) groups excluding carboxylic acids is 2. The monoisotopic (exact) mass is 420 g/mol. The Balaban J connectivity index is 1.73. The number of hydrogen-bond donors (Lipinski definition) is 1. The molecule has 1 aromatic rings. The maximum atomic E-state index is 12.7. The third-order valence-corrected chi connectivity index (χ3v) is 6.04. The molecule has 2 heterocycles. The fraction of sp³-hybridized carbons (Fsp3) is 0.368. The van der Waals surface area contributed by atoms with Crippen LogP contribution in [0.1, 0.15) is 24.8 Å². The summed E-state index contributed by atoms with van der Waals surface area (Å²) in [6.07, 6.45) is 3.65. The van der Waals surface area contributed by atoms with Crippen LogP contribution in [-0.4, -0.2) is 63.3 Å². The Bertz CT molecular complexity index is 854. The zero-order valence-electron chi connectivity index (χ0n) is 15.3. The van der Waals surface area contributed by atoms with Gasteiger partial charge >= 0.3 is 5.97 Å². The molecule has 2 aliphatic rings. The minimum absolute atomic E-state index is 0.246. The van der Waals surface area contributed by atoms with Gasteiger partial charge in [-0.25, -0.2) is 4.79 Å². The van der Waals surface area contributed by atoms with E-state index in [2.05, 4.69) is 0 Å². The van der Waals surface area contributed by atoms with E-state index in [0.29, 0.717) is 23.6 Å². The van der Waals surface area contributed by atoms with Gasteiger partial charge < -0.3 is 14.7 Å². The van der Waals surface area contributed by atoms with Gasteiger partial charge in [0.15, 0.2) is 0 Å². The summed E-state index contributed by atoms with van der Waals surface area (Å²) in [5.41, 5.74) is 0.785. The average Bonchev–Trinajstić information content (AvgIpc) is 2.95. The number of carbonyl (C=O) groups is 3. The lowest BCUT2D eigenvalue weighted by molar-refractivity contribution is -0.152. The predicted molar refractivity (Wildman–Crippen MR) is 110 cm³/mol. The number of likely N-dealkylation sites (tertiary alicyclic amines) is 1. The number of amides is 2. The van der Waals surface area contributed by atoms with Crippen LogP contribution in [0.15, 0.2) is 29.2 Å². The van der Waals surface area contributed by atoms with Crippen molar-refractivity contribution in [2.24, 2.45) is 0 Å². The predicted octanol–water partition coefficient (Wildman–Crippen LogP) is 2.36. The summed E-state index contributed by atoms with van der Waals surface area (Å²) in [6, 6.07) is 6.41. The van der Waals surface area contributed by atoms with Crippen molar-refractivity contribution in [2.45, 2.75) is 25.3 Å². The number of ether oxygens (including phenoxy) is 1. The van der Waals surface area contributed by atoms with Crippen molar-refractivity contribution >= 4 is 52.2 Å². The minimum Gasteiger partial charge on any atom is -0.497 e. The molecule has 1 atom stereocenters. The number of thioether (sulfide) groups is 1. The van der Waals surface area contributed by atoms with Crippen LogP contribution >= 0.6 is 24.0 Å². The van der Waals surface area contributed by atoms with Gasteiger partial charge in [-0.3, -0.25) is 14.5 Å². The van der Waals surface area contributed by atoms with Crippen LogP contribution in [0.2, 0.25) is 0 Å². The van der Waals surface area contributed by atoms with Gasteiger partial charge in [0, 0.05) is 6.54 Å². The molecule has 3 rings (SSSR count). The van der Waals surface area contributed by atoms with Gasteiger partial charge in [-0.05, 0) is 43.0 Å². The molecule has 9 heteroatoms. The third kappa shape index (κ3) is 4.36. The zero-order chi connectivity index (χ0) is 20.3.